The van der Waals surface area contributed by atoms with E-state index in [-0.39, 0.29) is 17.4 Å². The van der Waals surface area contributed by atoms with E-state index in [1.807, 2.05) is 6.07 Å². The molecule has 7 heteroatoms. The van der Waals surface area contributed by atoms with Gasteiger partial charge >= 0.3 is 5.97 Å². The molecule has 0 atom stereocenters. The molecule has 6 nitrogen and oxygen atoms in total. The molecule has 2 rings (SSSR count). The Labute approximate surface area is 121 Å². The first-order valence-corrected chi connectivity index (χ1v) is 7.61. The lowest BCUT2D eigenvalue weighted by Gasteiger charge is -2.19. The zero-order chi connectivity index (χ0) is 14.4. The molecule has 0 saturated carbocycles. The predicted octanol–water partition coefficient (Wildman–Crippen LogP) is 1.44. The second-order valence-electron chi connectivity index (χ2n) is 4.50. The van der Waals surface area contributed by atoms with E-state index >= 15 is 0 Å². The molecule has 0 aliphatic carbocycles. The van der Waals surface area contributed by atoms with Gasteiger partial charge in [0.05, 0.1) is 17.2 Å². The smallest absolute Gasteiger partial charge is 0.313 e. The van der Waals surface area contributed by atoms with Crippen molar-refractivity contribution in [3.8, 4) is 0 Å². The lowest BCUT2D eigenvalue weighted by molar-refractivity contribution is -0.133. The Morgan fingerprint density at radius 3 is 2.80 bits per heavy atom. The zero-order valence-corrected chi connectivity index (χ0v) is 11.9. The Morgan fingerprint density at radius 1 is 1.35 bits per heavy atom. The molecule has 1 aromatic rings. The van der Waals surface area contributed by atoms with Crippen LogP contribution in [0.2, 0.25) is 0 Å². The van der Waals surface area contributed by atoms with Crippen LogP contribution in [0, 0.1) is 0 Å². The third-order valence-corrected chi connectivity index (χ3v) is 3.84. The van der Waals surface area contributed by atoms with Crippen LogP contribution in [0.5, 0.6) is 0 Å². The van der Waals surface area contributed by atoms with Crippen LogP contribution in [-0.2, 0) is 9.59 Å². The molecule has 0 unspecified atom stereocenters. The number of hydrogen-bond donors (Lipinski definition) is 2. The Hall–Kier alpha value is -1.76. The van der Waals surface area contributed by atoms with Crippen molar-refractivity contribution in [2.75, 3.05) is 34.8 Å². The number of carbonyl (C=O) groups excluding carboxylic acids is 1. The lowest BCUT2D eigenvalue weighted by Crippen LogP contribution is -2.23. The van der Waals surface area contributed by atoms with E-state index in [0.29, 0.717) is 5.69 Å². The van der Waals surface area contributed by atoms with Gasteiger partial charge in [0.1, 0.15) is 0 Å². The second kappa shape index (κ2) is 7.14. The molecule has 20 heavy (non-hydrogen) atoms. The first-order valence-electron chi connectivity index (χ1n) is 6.46. The molecule has 1 saturated heterocycles. The number of aliphatic carboxylic acids is 1. The number of nitrogens with zero attached hydrogens (tertiary/aromatic N) is 2. The largest absolute Gasteiger partial charge is 0.481 e. The van der Waals surface area contributed by atoms with Gasteiger partial charge in [-0.3, -0.25) is 9.59 Å². The molecule has 2 heterocycles. The third-order valence-electron chi connectivity index (χ3n) is 2.93. The molecule has 1 amide bonds. The monoisotopic (exact) mass is 295 g/mol. The van der Waals surface area contributed by atoms with Crippen molar-refractivity contribution in [3.63, 3.8) is 0 Å². The van der Waals surface area contributed by atoms with Gasteiger partial charge in [0.2, 0.25) is 5.91 Å². The van der Waals surface area contributed by atoms with E-state index < -0.39 is 5.97 Å². The summed E-state index contributed by atoms with van der Waals surface area (Å²) in [5.41, 5.74) is 0.690. The SMILES string of the molecule is O=C(O)CSCC(=O)Nc1cccnc1N1CCCC1. The molecule has 0 bridgehead atoms. The van der Waals surface area contributed by atoms with Gasteiger partial charge in [-0.1, -0.05) is 0 Å². The number of nitrogens with one attached hydrogen (secondary N) is 1. The fourth-order valence-electron chi connectivity index (χ4n) is 2.09. The van der Waals surface area contributed by atoms with Gasteiger partial charge in [-0.05, 0) is 25.0 Å². The second-order valence-corrected chi connectivity index (χ2v) is 5.49. The summed E-state index contributed by atoms with van der Waals surface area (Å²) < 4.78 is 0. The van der Waals surface area contributed by atoms with Crippen LogP contribution in [0.15, 0.2) is 18.3 Å². The molecular formula is C13H17N3O3S. The fraction of sp³-hybridized carbons (Fsp3) is 0.462. The van der Waals surface area contributed by atoms with Crippen LogP contribution in [0.3, 0.4) is 0 Å². The van der Waals surface area contributed by atoms with Crippen LogP contribution >= 0.6 is 11.8 Å². The predicted molar refractivity (Wildman–Crippen MR) is 79.3 cm³/mol. The minimum atomic E-state index is -0.915. The third kappa shape index (κ3) is 4.12. The molecule has 1 aromatic heterocycles. The highest BCUT2D eigenvalue weighted by atomic mass is 32.2. The van der Waals surface area contributed by atoms with Crippen molar-refractivity contribution >= 4 is 35.1 Å². The maximum Gasteiger partial charge on any atom is 0.313 e. The lowest BCUT2D eigenvalue weighted by atomic mass is 10.3. The number of carbonyl (C=O) groups is 2. The number of hydrogen-bond acceptors (Lipinski definition) is 5. The van der Waals surface area contributed by atoms with E-state index in [4.69, 9.17) is 5.11 Å². The van der Waals surface area contributed by atoms with Crippen LogP contribution in [-0.4, -0.2) is 46.6 Å². The molecule has 0 spiro atoms. The van der Waals surface area contributed by atoms with Crippen LogP contribution in [0.4, 0.5) is 11.5 Å². The number of pyridine rings is 1. The van der Waals surface area contributed by atoms with Gasteiger partial charge in [0.25, 0.3) is 0 Å². The minimum absolute atomic E-state index is 0.0700. The summed E-state index contributed by atoms with van der Waals surface area (Å²) in [5, 5.41) is 11.3. The Morgan fingerprint density at radius 2 is 2.10 bits per heavy atom. The number of thioether (sulfide) groups is 1. The highest BCUT2D eigenvalue weighted by molar-refractivity contribution is 8.00. The van der Waals surface area contributed by atoms with Crippen molar-refractivity contribution < 1.29 is 14.7 Å². The van der Waals surface area contributed by atoms with E-state index in [0.717, 1.165) is 43.5 Å². The van der Waals surface area contributed by atoms with Crippen LogP contribution in [0.1, 0.15) is 12.8 Å². The molecule has 108 valence electrons. The summed E-state index contributed by atoms with van der Waals surface area (Å²) in [6.07, 6.45) is 3.99. The molecule has 0 aromatic carbocycles. The number of carboxylic acid groups (broad SMARTS) is 1. The maximum atomic E-state index is 11.8. The van der Waals surface area contributed by atoms with Crippen LogP contribution in [0.25, 0.3) is 0 Å². The minimum Gasteiger partial charge on any atom is -0.481 e. The first kappa shape index (κ1) is 14.6. The normalized spacial score (nSPS) is 14.3. The summed E-state index contributed by atoms with van der Waals surface area (Å²) in [4.78, 5) is 28.7. The van der Waals surface area contributed by atoms with Gasteiger partial charge in [-0.2, -0.15) is 0 Å². The van der Waals surface area contributed by atoms with Crippen molar-refractivity contribution in [1.82, 2.24) is 4.98 Å². The van der Waals surface area contributed by atoms with Crippen molar-refractivity contribution in [3.05, 3.63) is 18.3 Å². The summed E-state index contributed by atoms with van der Waals surface area (Å²) in [6.45, 7) is 1.90. The van der Waals surface area contributed by atoms with Crippen molar-refractivity contribution in [2.45, 2.75) is 12.8 Å². The van der Waals surface area contributed by atoms with Gasteiger partial charge in [0.15, 0.2) is 5.82 Å². The van der Waals surface area contributed by atoms with Gasteiger partial charge in [0, 0.05) is 19.3 Å². The quantitative estimate of drug-likeness (QED) is 0.826. The molecule has 1 aliphatic rings. The van der Waals surface area contributed by atoms with Crippen molar-refractivity contribution in [2.24, 2.45) is 0 Å². The van der Waals surface area contributed by atoms with Gasteiger partial charge in [-0.15, -0.1) is 11.8 Å². The number of anilines is 2. The molecule has 1 aliphatic heterocycles. The number of aromatic nitrogens is 1. The Bertz CT molecular complexity index is 490. The summed E-state index contributed by atoms with van der Waals surface area (Å²) in [7, 11) is 0. The van der Waals surface area contributed by atoms with E-state index in [9.17, 15) is 9.59 Å². The van der Waals surface area contributed by atoms with Crippen molar-refractivity contribution in [1.29, 1.82) is 0 Å². The molecule has 2 N–H and O–H groups in total. The highest BCUT2D eigenvalue weighted by Gasteiger charge is 2.17. The summed E-state index contributed by atoms with van der Waals surface area (Å²) in [5.74, 6) is -0.270. The number of amides is 1. The Kier molecular flexibility index (Phi) is 5.23. The van der Waals surface area contributed by atoms with E-state index in [1.54, 1.807) is 12.3 Å². The molecule has 1 fully saturated rings. The van der Waals surface area contributed by atoms with E-state index in [1.165, 1.54) is 0 Å². The molecular weight excluding hydrogens is 278 g/mol. The zero-order valence-electron chi connectivity index (χ0n) is 11.0. The van der Waals surface area contributed by atoms with Gasteiger partial charge < -0.3 is 15.3 Å². The van der Waals surface area contributed by atoms with Crippen LogP contribution < -0.4 is 10.2 Å². The number of rotatable bonds is 6. The fourth-order valence-corrected chi connectivity index (χ4v) is 2.63. The summed E-state index contributed by atoms with van der Waals surface area (Å²) in [6, 6.07) is 3.60. The number of carboxylic acids is 1. The maximum absolute atomic E-state index is 11.8. The average molecular weight is 295 g/mol. The Balaban J connectivity index is 1.94. The standard InChI is InChI=1S/C13H17N3O3S/c17-11(8-20-9-12(18)19)15-10-4-3-5-14-13(10)16-6-1-2-7-16/h3-5H,1-2,6-9H2,(H,15,17)(H,18,19). The topological polar surface area (TPSA) is 82.5 Å². The molecule has 0 radical (unpaired) electrons. The average Bonchev–Trinajstić information content (AvgIpc) is 2.92. The highest BCUT2D eigenvalue weighted by Crippen LogP contribution is 2.26. The van der Waals surface area contributed by atoms with Gasteiger partial charge in [-0.25, -0.2) is 4.98 Å². The summed E-state index contributed by atoms with van der Waals surface area (Å²) >= 11 is 1.08. The first-order chi connectivity index (χ1) is 9.66. The van der Waals surface area contributed by atoms with E-state index in [2.05, 4.69) is 15.2 Å².